The van der Waals surface area contributed by atoms with Crippen LogP contribution in [-0.4, -0.2) is 68.2 Å². The number of hydrogen-bond acceptors (Lipinski definition) is 5. The molecule has 6 rings (SSSR count). The predicted octanol–water partition coefficient (Wildman–Crippen LogP) is 4.41. The van der Waals surface area contributed by atoms with Crippen molar-refractivity contribution in [3.63, 3.8) is 0 Å². The number of fused-ring (bicyclic) bond motifs is 1. The SMILES string of the molecule is O=C(O)c1cccc(CN2CN(c3ccccc3)C3(CCN(CCCn4c(=O)[nH]c5ccc(Cl)cc54)CC3)C2=O)c1. The first-order valence-electron chi connectivity index (χ1n) is 13.9. The van der Waals surface area contributed by atoms with Crippen LogP contribution in [0.2, 0.25) is 5.02 Å². The maximum absolute atomic E-state index is 14.1. The number of halogens is 1. The number of aromatic nitrogens is 2. The minimum Gasteiger partial charge on any atom is -0.478 e. The van der Waals surface area contributed by atoms with E-state index in [0.717, 1.165) is 48.3 Å². The first kappa shape index (κ1) is 27.1. The lowest BCUT2D eigenvalue weighted by Crippen LogP contribution is -2.56. The summed E-state index contributed by atoms with van der Waals surface area (Å²) in [4.78, 5) is 47.4. The van der Waals surface area contributed by atoms with Crippen LogP contribution in [0.1, 0.15) is 35.2 Å². The second-order valence-corrected chi connectivity index (χ2v) is 11.3. The fourth-order valence-corrected chi connectivity index (χ4v) is 6.46. The molecular weight excluding hydrogens is 542 g/mol. The van der Waals surface area contributed by atoms with E-state index in [9.17, 15) is 19.5 Å². The molecule has 9 nitrogen and oxygen atoms in total. The molecule has 212 valence electrons. The number of piperidine rings is 1. The van der Waals surface area contributed by atoms with Gasteiger partial charge in [-0.3, -0.25) is 9.36 Å². The summed E-state index contributed by atoms with van der Waals surface area (Å²) in [6.45, 7) is 3.75. The zero-order valence-corrected chi connectivity index (χ0v) is 23.4. The third-order valence-corrected chi connectivity index (χ3v) is 8.64. The van der Waals surface area contributed by atoms with E-state index in [1.807, 2.05) is 53.4 Å². The molecular formula is C31H32ClN5O4. The van der Waals surface area contributed by atoms with Gasteiger partial charge in [-0.1, -0.05) is 41.9 Å². The Balaban J connectivity index is 1.15. The molecule has 0 saturated carbocycles. The van der Waals surface area contributed by atoms with E-state index < -0.39 is 11.5 Å². The van der Waals surface area contributed by atoms with Crippen molar-refractivity contribution in [1.29, 1.82) is 0 Å². The number of nitrogens with one attached hydrogen (secondary N) is 1. The second kappa shape index (κ2) is 11.1. The van der Waals surface area contributed by atoms with Crippen LogP contribution in [-0.2, 0) is 17.9 Å². The minimum absolute atomic E-state index is 0.0870. The number of rotatable bonds is 8. The number of likely N-dealkylation sites (tertiary alicyclic amines) is 1. The van der Waals surface area contributed by atoms with Crippen molar-refractivity contribution in [2.75, 3.05) is 31.2 Å². The quantitative estimate of drug-likeness (QED) is 0.324. The molecule has 0 atom stereocenters. The average Bonchev–Trinajstić information content (AvgIpc) is 3.43. The number of imidazole rings is 1. The van der Waals surface area contributed by atoms with Gasteiger partial charge in [0.15, 0.2) is 0 Å². The van der Waals surface area contributed by atoms with E-state index in [-0.39, 0.29) is 17.2 Å². The molecule has 0 aliphatic carbocycles. The van der Waals surface area contributed by atoms with Crippen molar-refractivity contribution < 1.29 is 14.7 Å². The number of H-pyrrole nitrogens is 1. The summed E-state index contributed by atoms with van der Waals surface area (Å²) < 4.78 is 1.74. The Labute approximate surface area is 242 Å². The van der Waals surface area contributed by atoms with E-state index in [1.54, 1.807) is 28.8 Å². The summed E-state index contributed by atoms with van der Waals surface area (Å²) in [7, 11) is 0. The number of nitrogens with zero attached hydrogens (tertiary/aromatic N) is 4. The van der Waals surface area contributed by atoms with Crippen LogP contribution in [0.25, 0.3) is 11.0 Å². The van der Waals surface area contributed by atoms with Crippen LogP contribution in [0.15, 0.2) is 77.6 Å². The van der Waals surface area contributed by atoms with Crippen LogP contribution in [0.5, 0.6) is 0 Å². The van der Waals surface area contributed by atoms with E-state index in [1.165, 1.54) is 0 Å². The topological polar surface area (TPSA) is 102 Å². The molecule has 0 unspecified atom stereocenters. The van der Waals surface area contributed by atoms with Crippen LogP contribution in [0.3, 0.4) is 0 Å². The van der Waals surface area contributed by atoms with E-state index in [0.29, 0.717) is 37.6 Å². The second-order valence-electron chi connectivity index (χ2n) is 10.9. The Morgan fingerprint density at radius 3 is 2.49 bits per heavy atom. The monoisotopic (exact) mass is 573 g/mol. The van der Waals surface area contributed by atoms with Crippen LogP contribution < -0.4 is 10.6 Å². The van der Waals surface area contributed by atoms with Crippen molar-refractivity contribution in [3.05, 3.63) is 99.4 Å². The van der Waals surface area contributed by atoms with Crippen molar-refractivity contribution in [2.45, 2.75) is 37.9 Å². The maximum Gasteiger partial charge on any atom is 0.335 e. The zero-order valence-electron chi connectivity index (χ0n) is 22.6. The molecule has 2 N–H and O–H groups in total. The Morgan fingerprint density at radius 2 is 1.73 bits per heavy atom. The van der Waals surface area contributed by atoms with Crippen molar-refractivity contribution >= 4 is 40.2 Å². The van der Waals surface area contributed by atoms with Gasteiger partial charge in [-0.2, -0.15) is 0 Å². The number of aromatic amines is 1. The van der Waals surface area contributed by atoms with Gasteiger partial charge in [0.1, 0.15) is 5.54 Å². The fraction of sp³-hybridized carbons (Fsp3) is 0.323. The van der Waals surface area contributed by atoms with E-state index in [4.69, 9.17) is 11.6 Å². The Morgan fingerprint density at radius 1 is 0.951 bits per heavy atom. The number of hydrogen-bond donors (Lipinski definition) is 2. The van der Waals surface area contributed by atoms with Gasteiger partial charge in [-0.15, -0.1) is 0 Å². The van der Waals surface area contributed by atoms with Crippen molar-refractivity contribution in [3.8, 4) is 0 Å². The number of benzene rings is 3. The summed E-state index contributed by atoms with van der Waals surface area (Å²) in [5.41, 5.74) is 2.83. The van der Waals surface area contributed by atoms with Gasteiger partial charge >= 0.3 is 11.7 Å². The molecule has 3 heterocycles. The molecule has 3 aromatic carbocycles. The number of aromatic carboxylic acids is 1. The number of carboxylic acids is 1. The Bertz CT molecular complexity index is 1640. The smallest absolute Gasteiger partial charge is 0.335 e. The highest BCUT2D eigenvalue weighted by molar-refractivity contribution is 6.31. The highest BCUT2D eigenvalue weighted by Gasteiger charge is 2.53. The van der Waals surface area contributed by atoms with E-state index >= 15 is 0 Å². The molecule has 1 spiro atoms. The lowest BCUT2D eigenvalue weighted by Gasteiger charge is -2.43. The highest BCUT2D eigenvalue weighted by atomic mass is 35.5. The first-order valence-corrected chi connectivity index (χ1v) is 14.3. The molecule has 41 heavy (non-hydrogen) atoms. The van der Waals surface area contributed by atoms with Gasteiger partial charge in [0.05, 0.1) is 23.3 Å². The van der Waals surface area contributed by atoms with Crippen LogP contribution in [0, 0.1) is 0 Å². The Kier molecular flexibility index (Phi) is 7.32. The van der Waals surface area contributed by atoms with Crippen LogP contribution in [0.4, 0.5) is 5.69 Å². The van der Waals surface area contributed by atoms with E-state index in [2.05, 4.69) is 14.8 Å². The normalized spacial score (nSPS) is 17.1. The molecule has 0 bridgehead atoms. The summed E-state index contributed by atoms with van der Waals surface area (Å²) in [6.07, 6.45) is 2.18. The number of carboxylic acid groups (broad SMARTS) is 1. The lowest BCUT2D eigenvalue weighted by molar-refractivity contribution is -0.134. The summed E-state index contributed by atoms with van der Waals surface area (Å²) in [5.74, 6) is -0.892. The van der Waals surface area contributed by atoms with Gasteiger partial charge in [-0.05, 0) is 73.8 Å². The summed E-state index contributed by atoms with van der Waals surface area (Å²) in [5, 5.41) is 10.0. The molecule has 0 radical (unpaired) electrons. The average molecular weight is 574 g/mol. The zero-order chi connectivity index (χ0) is 28.6. The molecule has 2 aliphatic rings. The molecule has 1 amide bonds. The number of aryl methyl sites for hydroxylation is 1. The summed E-state index contributed by atoms with van der Waals surface area (Å²) >= 11 is 6.16. The third-order valence-electron chi connectivity index (χ3n) is 8.41. The van der Waals surface area contributed by atoms with Gasteiger partial charge in [0.25, 0.3) is 0 Å². The molecule has 2 fully saturated rings. The number of carbonyl (C=O) groups is 2. The molecule has 2 aliphatic heterocycles. The van der Waals surface area contributed by atoms with Crippen LogP contribution >= 0.6 is 11.6 Å². The highest BCUT2D eigenvalue weighted by Crippen LogP contribution is 2.40. The predicted molar refractivity (Wildman–Crippen MR) is 158 cm³/mol. The van der Waals surface area contributed by atoms with Gasteiger partial charge in [0.2, 0.25) is 5.91 Å². The molecule has 10 heteroatoms. The molecule has 2 saturated heterocycles. The summed E-state index contributed by atoms with van der Waals surface area (Å²) in [6, 6.07) is 22.2. The number of para-hydroxylation sites is 1. The number of amides is 1. The number of carbonyl (C=O) groups excluding carboxylic acids is 1. The first-order chi connectivity index (χ1) is 19.8. The largest absolute Gasteiger partial charge is 0.478 e. The lowest BCUT2D eigenvalue weighted by atomic mass is 9.85. The maximum atomic E-state index is 14.1. The molecule has 1 aromatic heterocycles. The Hall–Kier alpha value is -4.08. The standard InChI is InChI=1S/C31H32ClN5O4/c32-24-10-11-26-27(19-24)36(30(41)33-26)15-5-14-34-16-12-31(13-17-34)29(40)35(21-37(31)25-8-2-1-3-9-25)20-22-6-4-7-23(18-22)28(38)39/h1-4,6-11,18-19H,5,12-17,20-21H2,(H,33,41)(H,38,39). The molecule has 4 aromatic rings. The van der Waals surface area contributed by atoms with Gasteiger partial charge in [0, 0.05) is 36.9 Å². The third kappa shape index (κ3) is 5.23. The van der Waals surface area contributed by atoms with Crippen molar-refractivity contribution in [1.82, 2.24) is 19.4 Å². The van der Waals surface area contributed by atoms with Crippen molar-refractivity contribution in [2.24, 2.45) is 0 Å². The fourth-order valence-electron chi connectivity index (χ4n) is 6.29. The van der Waals surface area contributed by atoms with Gasteiger partial charge in [-0.25, -0.2) is 9.59 Å². The minimum atomic E-state index is -0.979. The van der Waals surface area contributed by atoms with Gasteiger partial charge < -0.3 is 24.8 Å². The number of anilines is 1.